The number of aliphatic hydroxyl groups is 1. The number of hydrogen-bond donors (Lipinski definition) is 2. The summed E-state index contributed by atoms with van der Waals surface area (Å²) in [6.45, 7) is 3.88. The molecule has 1 aliphatic heterocycles. The predicted molar refractivity (Wildman–Crippen MR) is 108 cm³/mol. The van der Waals surface area contributed by atoms with Crippen LogP contribution in [0.1, 0.15) is 17.5 Å². The van der Waals surface area contributed by atoms with Crippen LogP contribution in [0.5, 0.6) is 17.2 Å². The number of hydrogen-bond acceptors (Lipinski definition) is 5. The van der Waals surface area contributed by atoms with Gasteiger partial charge in [-0.25, -0.2) is 0 Å². The van der Waals surface area contributed by atoms with Crippen molar-refractivity contribution >= 4 is 5.91 Å². The maximum absolute atomic E-state index is 11.6. The normalized spacial score (nSPS) is 19.4. The Kier molecular flexibility index (Phi) is 6.54. The highest BCUT2D eigenvalue weighted by Crippen LogP contribution is 2.34. The van der Waals surface area contributed by atoms with Crippen molar-refractivity contribution in [2.45, 2.75) is 26.0 Å². The largest absolute Gasteiger partial charge is 0.493 e. The molecule has 3 rings (SSSR count). The number of aryl methyl sites for hydroxylation is 1. The summed E-state index contributed by atoms with van der Waals surface area (Å²) >= 11 is 0. The van der Waals surface area contributed by atoms with Crippen LogP contribution < -0.4 is 14.8 Å². The number of aliphatic hydroxyl groups excluding tert-OH is 1. The molecular weight excluding hydrogens is 356 g/mol. The molecule has 0 aliphatic carbocycles. The molecule has 0 aromatic heterocycles. The van der Waals surface area contributed by atoms with Gasteiger partial charge in [0.25, 0.3) is 0 Å². The second kappa shape index (κ2) is 9.08. The third-order valence-electron chi connectivity index (χ3n) is 5.11. The zero-order chi connectivity index (χ0) is 20.1. The van der Waals surface area contributed by atoms with Crippen molar-refractivity contribution in [3.8, 4) is 17.2 Å². The molecule has 150 valence electrons. The first-order chi connectivity index (χ1) is 13.5. The molecule has 1 aliphatic rings. The summed E-state index contributed by atoms with van der Waals surface area (Å²) in [7, 11) is 3.25. The first-order valence-electron chi connectivity index (χ1n) is 9.51. The fourth-order valence-corrected chi connectivity index (χ4v) is 3.56. The van der Waals surface area contributed by atoms with E-state index < -0.39 is 6.10 Å². The molecule has 1 heterocycles. The predicted octanol–water partition coefficient (Wildman–Crippen LogP) is 2.72. The van der Waals surface area contributed by atoms with Crippen molar-refractivity contribution in [1.82, 2.24) is 10.2 Å². The maximum Gasteiger partial charge on any atom is 0.220 e. The van der Waals surface area contributed by atoms with E-state index in [0.717, 1.165) is 16.9 Å². The molecule has 0 unspecified atom stereocenters. The second-order valence-electron chi connectivity index (χ2n) is 7.26. The van der Waals surface area contributed by atoms with Gasteiger partial charge in [-0.15, -0.1) is 0 Å². The van der Waals surface area contributed by atoms with Crippen LogP contribution in [0.2, 0.25) is 0 Å². The zero-order valence-electron chi connectivity index (χ0n) is 16.6. The van der Waals surface area contributed by atoms with Gasteiger partial charge in [0.05, 0.1) is 13.2 Å². The number of methoxy groups -OCH3 is 1. The van der Waals surface area contributed by atoms with Gasteiger partial charge in [-0.05, 0) is 30.7 Å². The van der Waals surface area contributed by atoms with Gasteiger partial charge in [0.15, 0.2) is 11.5 Å². The Morgan fingerprint density at radius 1 is 1.18 bits per heavy atom. The van der Waals surface area contributed by atoms with Gasteiger partial charge in [-0.1, -0.05) is 24.3 Å². The van der Waals surface area contributed by atoms with E-state index in [2.05, 4.69) is 10.2 Å². The van der Waals surface area contributed by atoms with Crippen molar-refractivity contribution in [3.63, 3.8) is 0 Å². The molecule has 6 nitrogen and oxygen atoms in total. The molecule has 2 N–H and O–H groups in total. The van der Waals surface area contributed by atoms with Crippen molar-refractivity contribution < 1.29 is 19.4 Å². The lowest BCUT2D eigenvalue weighted by Gasteiger charge is -2.19. The standard InChI is InChI=1S/C22H28N2O4/c1-15-8-9-20(21(10-15)27-3)28-19-7-5-4-6-16(19)12-24-13-17(18(25)14-24)11-22(26)23-2/h4-10,17-18,25H,11-14H2,1-3H3,(H,23,26)/t17-,18-/m1/s1. The van der Waals surface area contributed by atoms with E-state index in [1.165, 1.54) is 0 Å². The molecule has 2 aromatic rings. The number of para-hydroxylation sites is 1. The number of benzene rings is 2. The minimum Gasteiger partial charge on any atom is -0.493 e. The second-order valence-corrected chi connectivity index (χ2v) is 7.26. The highest BCUT2D eigenvalue weighted by Gasteiger charge is 2.32. The molecule has 0 radical (unpaired) electrons. The van der Waals surface area contributed by atoms with Gasteiger partial charge < -0.3 is 19.9 Å². The molecule has 2 atom stereocenters. The highest BCUT2D eigenvalue weighted by atomic mass is 16.5. The lowest BCUT2D eigenvalue weighted by molar-refractivity contribution is -0.122. The summed E-state index contributed by atoms with van der Waals surface area (Å²) in [6.07, 6.45) is -0.157. The van der Waals surface area contributed by atoms with Gasteiger partial charge in [-0.2, -0.15) is 0 Å². The summed E-state index contributed by atoms with van der Waals surface area (Å²) in [4.78, 5) is 13.8. The fourth-order valence-electron chi connectivity index (χ4n) is 3.56. The number of amides is 1. The number of carbonyl (C=O) groups is 1. The van der Waals surface area contributed by atoms with Crippen LogP contribution in [-0.2, 0) is 11.3 Å². The van der Waals surface area contributed by atoms with E-state index in [1.54, 1.807) is 14.2 Å². The highest BCUT2D eigenvalue weighted by molar-refractivity contribution is 5.75. The lowest BCUT2D eigenvalue weighted by atomic mass is 10.0. The SMILES string of the molecule is CNC(=O)C[C@@H]1CN(Cc2ccccc2Oc2ccc(C)cc2OC)C[C@H]1O. The first-order valence-corrected chi connectivity index (χ1v) is 9.51. The third-order valence-corrected chi connectivity index (χ3v) is 5.11. The van der Waals surface area contributed by atoms with Crippen LogP contribution >= 0.6 is 0 Å². The van der Waals surface area contributed by atoms with Crippen molar-refractivity contribution in [2.24, 2.45) is 5.92 Å². The Labute approximate surface area is 166 Å². The van der Waals surface area contributed by atoms with Crippen molar-refractivity contribution in [2.75, 3.05) is 27.2 Å². The molecule has 0 spiro atoms. The topological polar surface area (TPSA) is 71.0 Å². The van der Waals surface area contributed by atoms with E-state index in [-0.39, 0.29) is 11.8 Å². The van der Waals surface area contributed by atoms with E-state index in [9.17, 15) is 9.90 Å². The first kappa shape index (κ1) is 20.2. The minimum atomic E-state index is -0.498. The average molecular weight is 384 g/mol. The van der Waals surface area contributed by atoms with E-state index in [0.29, 0.717) is 37.6 Å². The van der Waals surface area contributed by atoms with Gasteiger partial charge in [0.2, 0.25) is 5.91 Å². The third kappa shape index (κ3) is 4.82. The van der Waals surface area contributed by atoms with Crippen LogP contribution in [0.25, 0.3) is 0 Å². The maximum atomic E-state index is 11.6. The average Bonchev–Trinajstić information content (AvgIpc) is 3.03. The molecule has 6 heteroatoms. The Hall–Kier alpha value is -2.57. The number of rotatable bonds is 7. The molecule has 1 fully saturated rings. The summed E-state index contributed by atoms with van der Waals surface area (Å²) < 4.78 is 11.6. The number of likely N-dealkylation sites (tertiary alicyclic amines) is 1. The van der Waals surface area contributed by atoms with Gasteiger partial charge in [0.1, 0.15) is 5.75 Å². The summed E-state index contributed by atoms with van der Waals surface area (Å²) in [5.74, 6) is 2.02. The molecule has 1 amide bonds. The zero-order valence-corrected chi connectivity index (χ0v) is 16.6. The van der Waals surface area contributed by atoms with Gasteiger partial charge in [-0.3, -0.25) is 9.69 Å². The van der Waals surface area contributed by atoms with Crippen LogP contribution in [0.4, 0.5) is 0 Å². The minimum absolute atomic E-state index is 0.0406. The quantitative estimate of drug-likeness (QED) is 0.768. The Balaban J connectivity index is 1.72. The van der Waals surface area contributed by atoms with Gasteiger partial charge in [0, 0.05) is 44.6 Å². The summed E-state index contributed by atoms with van der Waals surface area (Å²) in [5, 5.41) is 12.9. The van der Waals surface area contributed by atoms with E-state index in [1.807, 2.05) is 49.4 Å². The smallest absolute Gasteiger partial charge is 0.220 e. The fraction of sp³-hybridized carbons (Fsp3) is 0.409. The molecule has 0 bridgehead atoms. The van der Waals surface area contributed by atoms with Crippen molar-refractivity contribution in [1.29, 1.82) is 0 Å². The van der Waals surface area contributed by atoms with Crippen LogP contribution in [0, 0.1) is 12.8 Å². The Morgan fingerprint density at radius 3 is 2.71 bits per heavy atom. The monoisotopic (exact) mass is 384 g/mol. The summed E-state index contributed by atoms with van der Waals surface area (Å²) in [5.41, 5.74) is 2.13. The van der Waals surface area contributed by atoms with E-state index in [4.69, 9.17) is 9.47 Å². The molecule has 1 saturated heterocycles. The number of nitrogens with zero attached hydrogens (tertiary/aromatic N) is 1. The molecular formula is C22H28N2O4. The number of carbonyl (C=O) groups excluding carboxylic acids is 1. The van der Waals surface area contributed by atoms with E-state index >= 15 is 0 Å². The van der Waals surface area contributed by atoms with Crippen LogP contribution in [0.15, 0.2) is 42.5 Å². The lowest BCUT2D eigenvalue weighted by Crippen LogP contribution is -2.27. The number of ether oxygens (including phenoxy) is 2. The number of nitrogens with one attached hydrogen (secondary N) is 1. The summed E-state index contributed by atoms with van der Waals surface area (Å²) in [6, 6.07) is 13.7. The van der Waals surface area contributed by atoms with Gasteiger partial charge >= 0.3 is 0 Å². The Morgan fingerprint density at radius 2 is 1.96 bits per heavy atom. The number of β-amino-alcohol motifs (C(OH)–C–C–N with tert-alkyl or cyclic N) is 1. The Bertz CT molecular complexity index is 824. The van der Waals surface area contributed by atoms with Crippen LogP contribution in [0.3, 0.4) is 0 Å². The molecule has 28 heavy (non-hydrogen) atoms. The van der Waals surface area contributed by atoms with Crippen LogP contribution in [-0.4, -0.2) is 49.3 Å². The molecule has 0 saturated carbocycles. The van der Waals surface area contributed by atoms with Crippen molar-refractivity contribution in [3.05, 3.63) is 53.6 Å². The molecule has 2 aromatic carbocycles.